The Labute approximate surface area is 170 Å². The molecule has 1 heterocycles. The van der Waals surface area contributed by atoms with Crippen LogP contribution < -0.4 is 10.2 Å². The number of nitrogens with one attached hydrogen (secondary N) is 1. The smallest absolute Gasteiger partial charge is 0.262 e. The van der Waals surface area contributed by atoms with Gasteiger partial charge in [-0.2, -0.15) is 0 Å². The van der Waals surface area contributed by atoms with Gasteiger partial charge < -0.3 is 5.32 Å². The lowest BCUT2D eigenvalue weighted by Crippen LogP contribution is -2.43. The number of carbonyl (C=O) groups excluding carboxylic acids is 1. The van der Waals surface area contributed by atoms with Gasteiger partial charge in [-0.15, -0.1) is 11.8 Å². The van der Waals surface area contributed by atoms with Crippen molar-refractivity contribution in [3.8, 4) is 0 Å². The Morgan fingerprint density at radius 3 is 2.25 bits per heavy atom. The minimum Gasteiger partial charge on any atom is -0.360 e. The molecular weight excluding hydrogens is 364 g/mol. The first-order valence-corrected chi connectivity index (χ1v) is 10.7. The van der Waals surface area contributed by atoms with Crippen LogP contribution in [-0.4, -0.2) is 12.2 Å². The fraction of sp³-hybridized carbons (Fsp3) is 0.208. The highest BCUT2D eigenvalue weighted by Gasteiger charge is 2.33. The lowest BCUT2D eigenvalue weighted by molar-refractivity contribution is 0.0975. The third kappa shape index (κ3) is 3.40. The molecule has 1 N–H and O–H groups in total. The Bertz CT molecular complexity index is 980. The van der Waals surface area contributed by atoms with Crippen LogP contribution in [0.5, 0.6) is 0 Å². The Morgan fingerprint density at radius 1 is 0.929 bits per heavy atom. The average molecular weight is 389 g/mol. The van der Waals surface area contributed by atoms with E-state index in [9.17, 15) is 4.79 Å². The van der Waals surface area contributed by atoms with Gasteiger partial charge in [0.15, 0.2) is 0 Å². The number of thioether (sulfide) groups is 1. The molecule has 0 bridgehead atoms. The highest BCUT2D eigenvalue weighted by molar-refractivity contribution is 7.98. The molecule has 0 aromatic heterocycles. The fourth-order valence-electron chi connectivity index (χ4n) is 3.56. The largest absolute Gasteiger partial charge is 0.360 e. The molecule has 4 rings (SSSR count). The van der Waals surface area contributed by atoms with E-state index in [-0.39, 0.29) is 12.1 Å². The average Bonchev–Trinajstić information content (AvgIpc) is 2.74. The van der Waals surface area contributed by atoms with Crippen molar-refractivity contribution >= 4 is 29.0 Å². The van der Waals surface area contributed by atoms with Crippen molar-refractivity contribution in [2.24, 2.45) is 0 Å². The van der Waals surface area contributed by atoms with Crippen molar-refractivity contribution in [1.82, 2.24) is 0 Å². The van der Waals surface area contributed by atoms with E-state index in [1.807, 2.05) is 41.3 Å². The summed E-state index contributed by atoms with van der Waals surface area (Å²) in [6.07, 6.45) is 1.82. The number of carbonyl (C=O) groups is 1. The molecular formula is C24H24N2OS. The van der Waals surface area contributed by atoms with E-state index in [0.29, 0.717) is 11.5 Å². The maximum atomic E-state index is 13.4. The van der Waals surface area contributed by atoms with Crippen molar-refractivity contribution in [2.45, 2.75) is 30.8 Å². The van der Waals surface area contributed by atoms with E-state index in [1.165, 1.54) is 10.5 Å². The molecule has 4 heteroatoms. The zero-order chi connectivity index (χ0) is 19.7. The normalized spacial score (nSPS) is 16.1. The molecule has 3 aromatic carbocycles. The van der Waals surface area contributed by atoms with Gasteiger partial charge in [0.2, 0.25) is 0 Å². The van der Waals surface area contributed by atoms with E-state index in [4.69, 9.17) is 0 Å². The van der Waals surface area contributed by atoms with Crippen LogP contribution in [-0.2, 0) is 0 Å². The van der Waals surface area contributed by atoms with Gasteiger partial charge in [0.25, 0.3) is 5.91 Å². The third-order valence-electron chi connectivity index (χ3n) is 5.20. The van der Waals surface area contributed by atoms with Crippen LogP contribution in [0, 0.1) is 0 Å². The van der Waals surface area contributed by atoms with Gasteiger partial charge >= 0.3 is 0 Å². The number of amides is 1. The lowest BCUT2D eigenvalue weighted by Gasteiger charge is -2.38. The van der Waals surface area contributed by atoms with Crippen LogP contribution in [0.1, 0.15) is 47.4 Å². The van der Waals surface area contributed by atoms with E-state index in [0.717, 1.165) is 16.9 Å². The summed E-state index contributed by atoms with van der Waals surface area (Å²) in [6, 6.07) is 24.4. The SMILES string of the molecule is CSc1ccc([C@H]2Nc3ccccc3C(=O)N2c2ccc(C(C)C)cc2)cc1. The van der Waals surface area contributed by atoms with Crippen molar-refractivity contribution in [3.05, 3.63) is 89.5 Å². The topological polar surface area (TPSA) is 32.3 Å². The molecule has 0 spiro atoms. The minimum absolute atomic E-state index is 0.0191. The molecule has 1 atom stereocenters. The monoisotopic (exact) mass is 388 g/mol. The zero-order valence-electron chi connectivity index (χ0n) is 16.3. The molecule has 0 radical (unpaired) electrons. The van der Waals surface area contributed by atoms with Gasteiger partial charge in [-0.1, -0.05) is 50.2 Å². The van der Waals surface area contributed by atoms with Gasteiger partial charge in [0.05, 0.1) is 5.56 Å². The maximum absolute atomic E-state index is 13.4. The molecule has 28 heavy (non-hydrogen) atoms. The molecule has 0 aliphatic carbocycles. The summed E-state index contributed by atoms with van der Waals surface area (Å²) in [5, 5.41) is 3.57. The number of fused-ring (bicyclic) bond motifs is 1. The third-order valence-corrected chi connectivity index (χ3v) is 5.94. The van der Waals surface area contributed by atoms with E-state index < -0.39 is 0 Å². The maximum Gasteiger partial charge on any atom is 0.262 e. The van der Waals surface area contributed by atoms with E-state index >= 15 is 0 Å². The second-order valence-corrected chi connectivity index (χ2v) is 8.17. The van der Waals surface area contributed by atoms with Crippen LogP contribution in [0.3, 0.4) is 0 Å². The molecule has 142 valence electrons. The molecule has 0 saturated heterocycles. The molecule has 3 nitrogen and oxygen atoms in total. The van der Waals surface area contributed by atoms with Gasteiger partial charge in [0.1, 0.15) is 6.17 Å². The van der Waals surface area contributed by atoms with Gasteiger partial charge in [0, 0.05) is 16.3 Å². The first kappa shape index (κ1) is 18.6. The molecule has 1 amide bonds. The van der Waals surface area contributed by atoms with Crippen LogP contribution >= 0.6 is 11.8 Å². The number of hydrogen-bond donors (Lipinski definition) is 1. The Hall–Kier alpha value is -2.72. The highest BCUT2D eigenvalue weighted by Crippen LogP contribution is 2.37. The molecule has 1 aliphatic heterocycles. The number of nitrogens with zero attached hydrogens (tertiary/aromatic N) is 1. The molecule has 1 aliphatic rings. The number of anilines is 2. The summed E-state index contributed by atoms with van der Waals surface area (Å²) in [5.74, 6) is 0.477. The predicted molar refractivity (Wildman–Crippen MR) is 118 cm³/mol. The Morgan fingerprint density at radius 2 is 1.61 bits per heavy atom. The van der Waals surface area contributed by atoms with Crippen LogP contribution in [0.25, 0.3) is 0 Å². The highest BCUT2D eigenvalue weighted by atomic mass is 32.2. The van der Waals surface area contributed by atoms with E-state index in [2.05, 4.69) is 61.8 Å². The number of rotatable bonds is 4. The molecule has 3 aromatic rings. The zero-order valence-corrected chi connectivity index (χ0v) is 17.2. The van der Waals surface area contributed by atoms with Crippen LogP contribution in [0.4, 0.5) is 11.4 Å². The van der Waals surface area contributed by atoms with E-state index in [1.54, 1.807) is 11.8 Å². The quantitative estimate of drug-likeness (QED) is 0.532. The summed E-state index contributed by atoms with van der Waals surface area (Å²) >= 11 is 1.71. The minimum atomic E-state index is -0.247. The summed E-state index contributed by atoms with van der Waals surface area (Å²) in [5.41, 5.74) is 4.81. The van der Waals surface area contributed by atoms with Crippen LogP contribution in [0.2, 0.25) is 0 Å². The summed E-state index contributed by atoms with van der Waals surface area (Å²) in [7, 11) is 0. The molecule has 0 fully saturated rings. The van der Waals surface area contributed by atoms with Gasteiger partial charge in [-0.05, 0) is 59.7 Å². The lowest BCUT2D eigenvalue weighted by atomic mass is 10.0. The van der Waals surface area contributed by atoms with Crippen molar-refractivity contribution in [3.63, 3.8) is 0 Å². The van der Waals surface area contributed by atoms with Gasteiger partial charge in [-0.3, -0.25) is 9.69 Å². The Kier molecular flexibility index (Phi) is 5.14. The number of para-hydroxylation sites is 1. The molecule has 0 unspecified atom stereocenters. The van der Waals surface area contributed by atoms with Crippen molar-refractivity contribution < 1.29 is 4.79 Å². The summed E-state index contributed by atoms with van der Waals surface area (Å²) < 4.78 is 0. The van der Waals surface area contributed by atoms with Crippen molar-refractivity contribution in [1.29, 1.82) is 0 Å². The van der Waals surface area contributed by atoms with Crippen LogP contribution in [0.15, 0.2) is 77.7 Å². The predicted octanol–water partition coefficient (Wildman–Crippen LogP) is 6.30. The number of hydrogen-bond acceptors (Lipinski definition) is 3. The van der Waals surface area contributed by atoms with Gasteiger partial charge in [-0.25, -0.2) is 0 Å². The second kappa shape index (κ2) is 7.72. The fourth-order valence-corrected chi connectivity index (χ4v) is 3.97. The molecule has 0 saturated carbocycles. The first-order chi connectivity index (χ1) is 13.6. The van der Waals surface area contributed by atoms with Crippen molar-refractivity contribution in [2.75, 3.05) is 16.5 Å². The summed E-state index contributed by atoms with van der Waals surface area (Å²) in [4.78, 5) is 16.5. The first-order valence-electron chi connectivity index (χ1n) is 9.51. The summed E-state index contributed by atoms with van der Waals surface area (Å²) in [6.45, 7) is 4.35. The Balaban J connectivity index is 1.79. The standard InChI is InChI=1S/C24H24N2OS/c1-16(2)17-8-12-19(13-9-17)26-23(18-10-14-20(28-3)15-11-18)25-22-7-5-4-6-21(22)24(26)27/h4-16,23,25H,1-3H3/t23-/m0/s1. The number of benzene rings is 3. The second-order valence-electron chi connectivity index (χ2n) is 7.29.